The van der Waals surface area contributed by atoms with E-state index in [2.05, 4.69) is 61.0 Å². The molecule has 0 spiro atoms. The van der Waals surface area contributed by atoms with E-state index in [1.165, 1.54) is 42.1 Å². The molecule has 4 aromatic rings. The van der Waals surface area contributed by atoms with Crippen molar-refractivity contribution < 1.29 is 9.47 Å². The number of thioether (sulfide) groups is 2. The van der Waals surface area contributed by atoms with E-state index in [1.54, 1.807) is 37.7 Å². The van der Waals surface area contributed by atoms with Crippen molar-refractivity contribution in [1.82, 2.24) is 0 Å². The number of fused-ring (bicyclic) bond motifs is 6. The Balaban J connectivity index is 2.25. The summed E-state index contributed by atoms with van der Waals surface area (Å²) < 4.78 is 11.1. The topological polar surface area (TPSA) is 18.5 Å². The van der Waals surface area contributed by atoms with E-state index in [4.69, 9.17) is 9.47 Å². The Hall–Kier alpha value is -2.04. The van der Waals surface area contributed by atoms with Crippen molar-refractivity contribution in [1.29, 1.82) is 0 Å². The van der Waals surface area contributed by atoms with Crippen LogP contribution in [0.1, 0.15) is 0 Å². The Kier molecular flexibility index (Phi) is 4.63. The van der Waals surface area contributed by atoms with Crippen LogP contribution in [0.25, 0.3) is 32.3 Å². The van der Waals surface area contributed by atoms with Crippen LogP contribution in [-0.4, -0.2) is 26.7 Å². The van der Waals surface area contributed by atoms with Crippen LogP contribution in [0.5, 0.6) is 11.5 Å². The second kappa shape index (κ2) is 6.93. The van der Waals surface area contributed by atoms with E-state index in [1.807, 2.05) is 0 Å². The van der Waals surface area contributed by atoms with Crippen molar-refractivity contribution >= 4 is 55.8 Å². The van der Waals surface area contributed by atoms with Crippen LogP contribution in [0.2, 0.25) is 0 Å². The van der Waals surface area contributed by atoms with Gasteiger partial charge in [0.05, 0.1) is 14.2 Å². The molecule has 0 heterocycles. The Bertz CT molecular complexity index is 1030. The van der Waals surface area contributed by atoms with Crippen molar-refractivity contribution in [3.63, 3.8) is 0 Å². The summed E-state index contributed by atoms with van der Waals surface area (Å²) in [4.78, 5) is 2.54. The van der Waals surface area contributed by atoms with Gasteiger partial charge in [-0.3, -0.25) is 0 Å². The summed E-state index contributed by atoms with van der Waals surface area (Å²) in [5.41, 5.74) is 0. The van der Waals surface area contributed by atoms with Crippen LogP contribution in [0.4, 0.5) is 0 Å². The lowest BCUT2D eigenvalue weighted by atomic mass is 9.94. The van der Waals surface area contributed by atoms with Gasteiger partial charge in [0.15, 0.2) is 11.5 Å². The van der Waals surface area contributed by atoms with Gasteiger partial charge in [-0.2, -0.15) is 0 Å². The monoisotopic (exact) mass is 380 g/mol. The summed E-state index contributed by atoms with van der Waals surface area (Å²) in [5.74, 6) is 1.52. The number of hydrogen-bond acceptors (Lipinski definition) is 4. The van der Waals surface area contributed by atoms with Gasteiger partial charge in [0.25, 0.3) is 0 Å². The standard InChI is InChI=1S/C22H20O2S2/c1-23-21-11-19-15-7-5-13(25-3)9-17(15)18-10-14(26-4)6-8-16(18)20(19)12-22(21)24-2/h5-12H,1-4H3. The minimum Gasteiger partial charge on any atom is -0.493 e. The van der Waals surface area contributed by atoms with Gasteiger partial charge in [-0.15, -0.1) is 23.5 Å². The zero-order chi connectivity index (χ0) is 18.3. The lowest BCUT2D eigenvalue weighted by Crippen LogP contribution is -1.92. The molecule has 4 aromatic carbocycles. The first-order valence-corrected chi connectivity index (χ1v) is 10.8. The normalized spacial score (nSPS) is 11.4. The van der Waals surface area contributed by atoms with Gasteiger partial charge in [0.1, 0.15) is 0 Å². The highest BCUT2D eigenvalue weighted by molar-refractivity contribution is 7.98. The summed E-state index contributed by atoms with van der Waals surface area (Å²) in [6.07, 6.45) is 4.23. The smallest absolute Gasteiger partial charge is 0.161 e. The minimum atomic E-state index is 0.760. The van der Waals surface area contributed by atoms with E-state index in [-0.39, 0.29) is 0 Å². The molecule has 4 rings (SSSR count). The number of methoxy groups -OCH3 is 2. The van der Waals surface area contributed by atoms with Gasteiger partial charge < -0.3 is 9.47 Å². The van der Waals surface area contributed by atoms with Gasteiger partial charge in [-0.25, -0.2) is 0 Å². The van der Waals surface area contributed by atoms with Crippen LogP contribution in [0.3, 0.4) is 0 Å². The first-order chi connectivity index (χ1) is 12.7. The Morgan fingerprint density at radius 1 is 0.538 bits per heavy atom. The fourth-order valence-corrected chi connectivity index (χ4v) is 4.42. The molecule has 2 nitrogen and oxygen atoms in total. The fraction of sp³-hybridized carbons (Fsp3) is 0.182. The molecule has 0 saturated heterocycles. The molecular weight excluding hydrogens is 360 g/mol. The highest BCUT2D eigenvalue weighted by Crippen LogP contribution is 2.42. The molecule has 0 amide bonds. The van der Waals surface area contributed by atoms with Gasteiger partial charge >= 0.3 is 0 Å². The number of rotatable bonds is 4. The summed E-state index contributed by atoms with van der Waals surface area (Å²) in [6.45, 7) is 0. The molecule has 4 heteroatoms. The highest BCUT2D eigenvalue weighted by Gasteiger charge is 2.14. The molecule has 0 radical (unpaired) electrons. The molecule has 26 heavy (non-hydrogen) atoms. The van der Waals surface area contributed by atoms with Gasteiger partial charge in [-0.05, 0) is 81.2 Å². The van der Waals surface area contributed by atoms with E-state index < -0.39 is 0 Å². The van der Waals surface area contributed by atoms with E-state index >= 15 is 0 Å². The van der Waals surface area contributed by atoms with Crippen LogP contribution in [0, 0.1) is 0 Å². The molecule has 0 fully saturated rings. The van der Waals surface area contributed by atoms with Gasteiger partial charge in [0.2, 0.25) is 0 Å². The molecule has 0 saturated carbocycles. The predicted molar refractivity (Wildman–Crippen MR) is 116 cm³/mol. The first-order valence-electron chi connectivity index (χ1n) is 8.33. The van der Waals surface area contributed by atoms with Crippen LogP contribution in [-0.2, 0) is 0 Å². The lowest BCUT2D eigenvalue weighted by Gasteiger charge is -2.15. The molecule has 0 N–H and O–H groups in total. The average Bonchev–Trinajstić information content (AvgIpc) is 2.71. The maximum absolute atomic E-state index is 5.55. The molecule has 0 atom stereocenters. The number of hydrogen-bond donors (Lipinski definition) is 0. The summed E-state index contributed by atoms with van der Waals surface area (Å²) in [7, 11) is 3.37. The van der Waals surface area contributed by atoms with Crippen molar-refractivity contribution in [3.05, 3.63) is 48.5 Å². The maximum Gasteiger partial charge on any atom is 0.161 e. The van der Waals surface area contributed by atoms with Gasteiger partial charge in [-0.1, -0.05) is 12.1 Å². The highest BCUT2D eigenvalue weighted by atomic mass is 32.2. The summed E-state index contributed by atoms with van der Waals surface area (Å²) in [5, 5.41) is 7.42. The van der Waals surface area contributed by atoms with E-state index in [9.17, 15) is 0 Å². The third-order valence-electron chi connectivity index (χ3n) is 4.85. The molecule has 0 aliphatic rings. The first kappa shape index (κ1) is 17.4. The summed E-state index contributed by atoms with van der Waals surface area (Å²) in [6, 6.07) is 17.6. The van der Waals surface area contributed by atoms with Crippen molar-refractivity contribution in [2.75, 3.05) is 26.7 Å². The summed E-state index contributed by atoms with van der Waals surface area (Å²) >= 11 is 3.54. The SMILES string of the molecule is COc1cc2c3ccc(SC)cc3c3cc(SC)ccc3c2cc1OC. The second-order valence-electron chi connectivity index (χ2n) is 6.08. The largest absolute Gasteiger partial charge is 0.493 e. The molecule has 0 aromatic heterocycles. The zero-order valence-corrected chi connectivity index (χ0v) is 16.9. The molecule has 0 aliphatic carbocycles. The van der Waals surface area contributed by atoms with Crippen molar-refractivity contribution in [3.8, 4) is 11.5 Å². The molecular formula is C22H20O2S2. The quantitative estimate of drug-likeness (QED) is 0.293. The van der Waals surface area contributed by atoms with Crippen molar-refractivity contribution in [2.24, 2.45) is 0 Å². The second-order valence-corrected chi connectivity index (χ2v) is 7.84. The van der Waals surface area contributed by atoms with Crippen molar-refractivity contribution in [2.45, 2.75) is 9.79 Å². The van der Waals surface area contributed by atoms with Crippen LogP contribution < -0.4 is 9.47 Å². The Labute approximate surface area is 161 Å². The molecule has 0 bridgehead atoms. The molecule has 132 valence electrons. The predicted octanol–water partition coefficient (Wildman–Crippen LogP) is 6.61. The lowest BCUT2D eigenvalue weighted by molar-refractivity contribution is 0.356. The average molecular weight is 381 g/mol. The van der Waals surface area contributed by atoms with Gasteiger partial charge in [0, 0.05) is 9.79 Å². The van der Waals surface area contributed by atoms with E-state index in [0.717, 1.165) is 11.5 Å². The third-order valence-corrected chi connectivity index (χ3v) is 6.30. The minimum absolute atomic E-state index is 0.760. The number of benzene rings is 4. The molecule has 0 aliphatic heterocycles. The van der Waals surface area contributed by atoms with E-state index in [0.29, 0.717) is 0 Å². The maximum atomic E-state index is 5.55. The van der Waals surface area contributed by atoms with Crippen LogP contribution >= 0.6 is 23.5 Å². The fourth-order valence-electron chi connectivity index (χ4n) is 3.54. The number of ether oxygens (including phenoxy) is 2. The Morgan fingerprint density at radius 2 is 0.923 bits per heavy atom. The Morgan fingerprint density at radius 3 is 1.27 bits per heavy atom. The zero-order valence-electron chi connectivity index (χ0n) is 15.3. The van der Waals surface area contributed by atoms with Crippen LogP contribution in [0.15, 0.2) is 58.3 Å². The third kappa shape index (κ3) is 2.68. The molecule has 0 unspecified atom stereocenters.